The zero-order valence-corrected chi connectivity index (χ0v) is 6.40. The zero-order valence-electron chi connectivity index (χ0n) is 5.64. The van der Waals surface area contributed by atoms with Crippen molar-refractivity contribution in [1.29, 1.82) is 0 Å². The SMILES string of the molecule is CC1C(Cl)=C(F)C=CC1N. The Kier molecular flexibility index (Phi) is 2.11. The molecule has 0 saturated carbocycles. The molecule has 56 valence electrons. The zero-order chi connectivity index (χ0) is 7.72. The van der Waals surface area contributed by atoms with Crippen molar-refractivity contribution in [2.45, 2.75) is 13.0 Å². The molecule has 3 heteroatoms. The quantitative estimate of drug-likeness (QED) is 0.578. The minimum atomic E-state index is -0.365. The van der Waals surface area contributed by atoms with E-state index in [1.165, 1.54) is 6.08 Å². The molecule has 0 aromatic carbocycles. The monoisotopic (exact) mass is 161 g/mol. The van der Waals surface area contributed by atoms with Gasteiger partial charge in [-0.3, -0.25) is 0 Å². The normalized spacial score (nSPS) is 33.2. The number of allylic oxidation sites excluding steroid dienone is 2. The van der Waals surface area contributed by atoms with Crippen LogP contribution in [0.15, 0.2) is 23.0 Å². The van der Waals surface area contributed by atoms with Gasteiger partial charge in [0, 0.05) is 12.0 Å². The molecule has 0 heterocycles. The van der Waals surface area contributed by atoms with Gasteiger partial charge in [-0.25, -0.2) is 4.39 Å². The van der Waals surface area contributed by atoms with E-state index < -0.39 is 0 Å². The lowest BCUT2D eigenvalue weighted by Crippen LogP contribution is -2.28. The Hall–Kier alpha value is -0.340. The van der Waals surface area contributed by atoms with Gasteiger partial charge in [0.15, 0.2) is 0 Å². The highest BCUT2D eigenvalue weighted by atomic mass is 35.5. The highest BCUT2D eigenvalue weighted by molar-refractivity contribution is 6.30. The summed E-state index contributed by atoms with van der Waals surface area (Å²) in [4.78, 5) is 0. The summed E-state index contributed by atoms with van der Waals surface area (Å²) < 4.78 is 12.6. The van der Waals surface area contributed by atoms with Crippen LogP contribution in [-0.4, -0.2) is 6.04 Å². The Balaban J connectivity index is 2.88. The van der Waals surface area contributed by atoms with Crippen molar-refractivity contribution < 1.29 is 4.39 Å². The third-order valence-electron chi connectivity index (χ3n) is 1.67. The van der Waals surface area contributed by atoms with Crippen LogP contribution in [-0.2, 0) is 0 Å². The summed E-state index contributed by atoms with van der Waals surface area (Å²) in [7, 11) is 0. The van der Waals surface area contributed by atoms with E-state index in [2.05, 4.69) is 0 Å². The van der Waals surface area contributed by atoms with Crippen molar-refractivity contribution in [3.63, 3.8) is 0 Å². The van der Waals surface area contributed by atoms with Crippen molar-refractivity contribution in [2.75, 3.05) is 0 Å². The van der Waals surface area contributed by atoms with Gasteiger partial charge < -0.3 is 5.73 Å². The predicted molar refractivity (Wildman–Crippen MR) is 40.3 cm³/mol. The first kappa shape index (κ1) is 7.76. The molecule has 0 aromatic rings. The minimum absolute atomic E-state index is 0.0910. The average molecular weight is 162 g/mol. The Morgan fingerprint density at radius 2 is 2.30 bits per heavy atom. The smallest absolute Gasteiger partial charge is 0.137 e. The highest BCUT2D eigenvalue weighted by Crippen LogP contribution is 2.27. The lowest BCUT2D eigenvalue weighted by molar-refractivity contribution is 0.560. The lowest BCUT2D eigenvalue weighted by Gasteiger charge is -2.19. The number of rotatable bonds is 0. The van der Waals surface area contributed by atoms with Crippen LogP contribution < -0.4 is 5.73 Å². The molecule has 0 bridgehead atoms. The van der Waals surface area contributed by atoms with Crippen LogP contribution in [0.3, 0.4) is 0 Å². The number of hydrogen-bond acceptors (Lipinski definition) is 1. The number of hydrogen-bond donors (Lipinski definition) is 1. The molecule has 0 aliphatic heterocycles. The van der Waals surface area contributed by atoms with Gasteiger partial charge in [0.1, 0.15) is 5.83 Å². The molecule has 2 N–H and O–H groups in total. The van der Waals surface area contributed by atoms with Gasteiger partial charge in [-0.15, -0.1) is 0 Å². The molecule has 0 saturated heterocycles. The van der Waals surface area contributed by atoms with Crippen LogP contribution in [0.5, 0.6) is 0 Å². The van der Waals surface area contributed by atoms with Crippen molar-refractivity contribution in [2.24, 2.45) is 11.7 Å². The number of halogens is 2. The summed E-state index contributed by atoms with van der Waals surface area (Å²) in [6.07, 6.45) is 2.93. The summed E-state index contributed by atoms with van der Waals surface area (Å²) in [5.41, 5.74) is 5.56. The fourth-order valence-corrected chi connectivity index (χ4v) is 1.04. The third-order valence-corrected chi connectivity index (χ3v) is 2.19. The van der Waals surface area contributed by atoms with Crippen molar-refractivity contribution in [3.8, 4) is 0 Å². The summed E-state index contributed by atoms with van der Waals surface area (Å²) in [6, 6.07) is -0.146. The first-order valence-corrected chi connectivity index (χ1v) is 3.49. The largest absolute Gasteiger partial charge is 0.324 e. The van der Waals surface area contributed by atoms with E-state index in [0.29, 0.717) is 0 Å². The average Bonchev–Trinajstić information content (AvgIpc) is 1.93. The molecule has 10 heavy (non-hydrogen) atoms. The van der Waals surface area contributed by atoms with Crippen LogP contribution in [0.25, 0.3) is 0 Å². The van der Waals surface area contributed by atoms with Gasteiger partial charge >= 0.3 is 0 Å². The summed E-state index contributed by atoms with van der Waals surface area (Å²) in [6.45, 7) is 1.80. The standard InChI is InChI=1S/C7H9ClFN/c1-4-6(10)3-2-5(9)7(4)8/h2-4,6H,10H2,1H3. The molecule has 1 nitrogen and oxygen atoms in total. The van der Waals surface area contributed by atoms with Crippen LogP contribution in [0.2, 0.25) is 0 Å². The molecule has 1 rings (SSSR count). The molecular formula is C7H9ClFN. The molecular weight excluding hydrogens is 153 g/mol. The maximum atomic E-state index is 12.6. The Bertz CT molecular complexity index is 198. The van der Waals surface area contributed by atoms with Crippen LogP contribution in [0, 0.1) is 5.92 Å². The van der Waals surface area contributed by atoms with E-state index in [-0.39, 0.29) is 22.8 Å². The molecule has 1 aliphatic rings. The fourth-order valence-electron chi connectivity index (χ4n) is 0.828. The highest BCUT2D eigenvalue weighted by Gasteiger charge is 2.20. The minimum Gasteiger partial charge on any atom is -0.324 e. The number of nitrogens with two attached hydrogens (primary N) is 1. The van der Waals surface area contributed by atoms with Crippen molar-refractivity contribution in [1.82, 2.24) is 0 Å². The first-order chi connectivity index (χ1) is 4.63. The van der Waals surface area contributed by atoms with Gasteiger partial charge in [-0.05, 0) is 6.08 Å². The van der Waals surface area contributed by atoms with E-state index in [4.69, 9.17) is 17.3 Å². The Morgan fingerprint density at radius 1 is 1.70 bits per heavy atom. The molecule has 0 radical (unpaired) electrons. The van der Waals surface area contributed by atoms with Gasteiger partial charge in [-0.1, -0.05) is 24.6 Å². The molecule has 0 spiro atoms. The molecule has 0 fully saturated rings. The molecule has 1 aliphatic carbocycles. The van der Waals surface area contributed by atoms with E-state index in [1.807, 2.05) is 0 Å². The molecule has 0 amide bonds. The van der Waals surface area contributed by atoms with Crippen molar-refractivity contribution >= 4 is 11.6 Å². The molecule has 0 aromatic heterocycles. The van der Waals surface area contributed by atoms with Gasteiger partial charge in [0.05, 0.1) is 5.03 Å². The summed E-state index contributed by atoms with van der Waals surface area (Å²) in [5, 5.41) is 0.231. The summed E-state index contributed by atoms with van der Waals surface area (Å²) >= 11 is 5.59. The maximum Gasteiger partial charge on any atom is 0.137 e. The van der Waals surface area contributed by atoms with Crippen LogP contribution in [0.1, 0.15) is 6.92 Å². The van der Waals surface area contributed by atoms with Crippen LogP contribution >= 0.6 is 11.6 Å². The van der Waals surface area contributed by atoms with Gasteiger partial charge in [-0.2, -0.15) is 0 Å². The topological polar surface area (TPSA) is 26.0 Å². The van der Waals surface area contributed by atoms with E-state index in [9.17, 15) is 4.39 Å². The van der Waals surface area contributed by atoms with Crippen molar-refractivity contribution in [3.05, 3.63) is 23.0 Å². The second-order valence-electron chi connectivity index (χ2n) is 2.42. The summed E-state index contributed by atoms with van der Waals surface area (Å²) in [5.74, 6) is -0.456. The van der Waals surface area contributed by atoms with Gasteiger partial charge in [0.2, 0.25) is 0 Å². The Morgan fingerprint density at radius 3 is 2.80 bits per heavy atom. The van der Waals surface area contributed by atoms with Crippen LogP contribution in [0.4, 0.5) is 4.39 Å². The maximum absolute atomic E-state index is 12.6. The van der Waals surface area contributed by atoms with E-state index in [0.717, 1.165) is 0 Å². The third kappa shape index (κ3) is 1.22. The second kappa shape index (κ2) is 2.72. The van der Waals surface area contributed by atoms with Gasteiger partial charge in [0.25, 0.3) is 0 Å². The lowest BCUT2D eigenvalue weighted by atomic mass is 9.97. The fraction of sp³-hybridized carbons (Fsp3) is 0.429. The molecule has 2 unspecified atom stereocenters. The molecule has 2 atom stereocenters. The van der Waals surface area contributed by atoms with E-state index in [1.54, 1.807) is 13.0 Å². The second-order valence-corrected chi connectivity index (χ2v) is 2.83. The first-order valence-electron chi connectivity index (χ1n) is 3.12. The predicted octanol–water partition coefficient (Wildman–Crippen LogP) is 1.94. The Labute approximate surface area is 64.4 Å². The van der Waals surface area contributed by atoms with E-state index >= 15 is 0 Å².